The predicted octanol–water partition coefficient (Wildman–Crippen LogP) is 3.91. The summed E-state index contributed by atoms with van der Waals surface area (Å²) in [5, 5.41) is 14.9. The maximum absolute atomic E-state index is 12.6. The molecule has 8 heteroatoms. The molecule has 1 atom stereocenters. The molecule has 1 amide bonds. The first-order valence-electron chi connectivity index (χ1n) is 8.98. The monoisotopic (exact) mass is 397 g/mol. The zero-order chi connectivity index (χ0) is 20.1. The van der Waals surface area contributed by atoms with Crippen LogP contribution in [-0.4, -0.2) is 38.5 Å². The third-order valence-electron chi connectivity index (χ3n) is 4.25. The Hall–Kier alpha value is -2.87. The highest BCUT2D eigenvalue weighted by molar-refractivity contribution is 8.00. The smallest absolute Gasteiger partial charge is 0.237 e. The van der Waals surface area contributed by atoms with Gasteiger partial charge < -0.3 is 10.1 Å². The van der Waals surface area contributed by atoms with Crippen molar-refractivity contribution in [2.75, 3.05) is 12.4 Å². The van der Waals surface area contributed by atoms with E-state index in [1.54, 1.807) is 11.8 Å². The molecule has 0 radical (unpaired) electrons. The van der Waals surface area contributed by atoms with Crippen molar-refractivity contribution < 1.29 is 9.53 Å². The van der Waals surface area contributed by atoms with Crippen LogP contribution < -0.4 is 10.1 Å². The van der Waals surface area contributed by atoms with Crippen LogP contribution in [0.25, 0.3) is 5.69 Å². The molecule has 7 nitrogen and oxygen atoms in total. The first-order valence-corrected chi connectivity index (χ1v) is 9.86. The van der Waals surface area contributed by atoms with Gasteiger partial charge in [-0.05, 0) is 65.2 Å². The van der Waals surface area contributed by atoms with Crippen LogP contribution in [0.5, 0.6) is 5.75 Å². The average Bonchev–Trinajstić information content (AvgIpc) is 3.16. The Labute approximate surface area is 168 Å². The second kappa shape index (κ2) is 8.88. The van der Waals surface area contributed by atoms with Gasteiger partial charge in [0, 0.05) is 5.69 Å². The lowest BCUT2D eigenvalue weighted by molar-refractivity contribution is -0.115. The molecular weight excluding hydrogens is 374 g/mol. The van der Waals surface area contributed by atoms with E-state index in [1.165, 1.54) is 17.3 Å². The fourth-order valence-electron chi connectivity index (χ4n) is 2.54. The number of nitrogens with zero attached hydrogens (tertiary/aromatic N) is 4. The highest BCUT2D eigenvalue weighted by Crippen LogP contribution is 2.25. The molecule has 3 rings (SSSR count). The van der Waals surface area contributed by atoms with Gasteiger partial charge in [-0.3, -0.25) is 4.79 Å². The molecule has 2 aromatic carbocycles. The van der Waals surface area contributed by atoms with Gasteiger partial charge in [0.25, 0.3) is 0 Å². The summed E-state index contributed by atoms with van der Waals surface area (Å²) in [6, 6.07) is 15.3. The minimum atomic E-state index is -0.368. The maximum atomic E-state index is 12.6. The Morgan fingerprint density at radius 2 is 1.75 bits per heavy atom. The zero-order valence-electron chi connectivity index (χ0n) is 16.3. The lowest BCUT2D eigenvalue weighted by atomic mass is 10.0. The molecule has 146 valence electrons. The van der Waals surface area contributed by atoms with Gasteiger partial charge in [0.2, 0.25) is 11.1 Å². The van der Waals surface area contributed by atoms with Crippen LogP contribution in [0.1, 0.15) is 32.3 Å². The normalized spacial score (nSPS) is 12.0. The molecule has 1 aromatic heterocycles. The molecular formula is C20H23N5O2S. The van der Waals surface area contributed by atoms with E-state index in [0.717, 1.165) is 17.1 Å². The summed E-state index contributed by atoms with van der Waals surface area (Å²) in [6.45, 7) is 6.11. The molecule has 0 spiro atoms. The number of carbonyl (C=O) groups excluding carboxylic acids is 1. The van der Waals surface area contributed by atoms with Gasteiger partial charge in [0.15, 0.2) is 0 Å². The molecule has 0 saturated heterocycles. The number of tetrazole rings is 1. The molecule has 0 unspecified atom stereocenters. The molecule has 3 aromatic rings. The molecule has 0 bridgehead atoms. The molecule has 1 N–H and O–H groups in total. The number of rotatable bonds is 7. The predicted molar refractivity (Wildman–Crippen MR) is 110 cm³/mol. The van der Waals surface area contributed by atoms with E-state index in [9.17, 15) is 4.79 Å². The number of thioether (sulfide) groups is 1. The molecule has 28 heavy (non-hydrogen) atoms. The first-order chi connectivity index (χ1) is 13.5. The van der Waals surface area contributed by atoms with E-state index < -0.39 is 0 Å². The second-order valence-corrected chi connectivity index (χ2v) is 7.91. The lowest BCUT2D eigenvalue weighted by Crippen LogP contribution is -2.23. The number of nitrogens with one attached hydrogen (secondary N) is 1. The van der Waals surface area contributed by atoms with E-state index in [1.807, 2.05) is 55.5 Å². The SMILES string of the molecule is COc1ccc(-n2nnnc2S[C@@H](C)C(=O)Nc2ccc(C(C)C)cc2)cc1. The zero-order valence-corrected chi connectivity index (χ0v) is 17.1. The van der Waals surface area contributed by atoms with Crippen molar-refractivity contribution in [1.29, 1.82) is 0 Å². The van der Waals surface area contributed by atoms with Gasteiger partial charge in [-0.2, -0.15) is 4.68 Å². The minimum absolute atomic E-state index is 0.105. The van der Waals surface area contributed by atoms with E-state index in [4.69, 9.17) is 4.74 Å². The van der Waals surface area contributed by atoms with Crippen molar-refractivity contribution in [2.24, 2.45) is 0 Å². The van der Waals surface area contributed by atoms with Crippen molar-refractivity contribution in [3.8, 4) is 11.4 Å². The molecule has 0 aliphatic heterocycles. The summed E-state index contributed by atoms with van der Waals surface area (Å²) in [5.74, 6) is 1.10. The summed E-state index contributed by atoms with van der Waals surface area (Å²) < 4.78 is 6.77. The Balaban J connectivity index is 1.66. The number of hydrogen-bond donors (Lipinski definition) is 1. The van der Waals surface area contributed by atoms with Gasteiger partial charge in [0.05, 0.1) is 18.0 Å². The van der Waals surface area contributed by atoms with E-state index in [-0.39, 0.29) is 11.2 Å². The molecule has 0 aliphatic carbocycles. The van der Waals surface area contributed by atoms with Gasteiger partial charge in [-0.15, -0.1) is 5.10 Å². The van der Waals surface area contributed by atoms with Gasteiger partial charge >= 0.3 is 0 Å². The summed E-state index contributed by atoms with van der Waals surface area (Å²) in [7, 11) is 1.62. The average molecular weight is 398 g/mol. The fourth-order valence-corrected chi connectivity index (χ4v) is 3.35. The third-order valence-corrected chi connectivity index (χ3v) is 5.29. The number of methoxy groups -OCH3 is 1. The van der Waals surface area contributed by atoms with Crippen molar-refractivity contribution in [2.45, 2.75) is 37.1 Å². The molecule has 0 saturated carbocycles. The second-order valence-electron chi connectivity index (χ2n) is 6.60. The van der Waals surface area contributed by atoms with Crippen molar-refractivity contribution in [1.82, 2.24) is 20.2 Å². The lowest BCUT2D eigenvalue weighted by Gasteiger charge is -2.13. The fraction of sp³-hybridized carbons (Fsp3) is 0.300. The molecule has 0 fully saturated rings. The topological polar surface area (TPSA) is 81.9 Å². The standard InChI is InChI=1S/C20H23N5O2S/c1-13(2)15-5-7-16(8-6-15)21-19(26)14(3)28-20-22-23-24-25(20)17-9-11-18(27-4)12-10-17/h5-14H,1-4H3,(H,21,26)/t14-/m0/s1. The van der Waals surface area contributed by atoms with Crippen LogP contribution >= 0.6 is 11.8 Å². The maximum Gasteiger partial charge on any atom is 0.237 e. The number of carbonyl (C=O) groups is 1. The van der Waals surface area contributed by atoms with Crippen LogP contribution in [0.2, 0.25) is 0 Å². The van der Waals surface area contributed by atoms with E-state index in [0.29, 0.717) is 11.1 Å². The largest absolute Gasteiger partial charge is 0.497 e. The Morgan fingerprint density at radius 1 is 1.07 bits per heavy atom. The van der Waals surface area contributed by atoms with Crippen LogP contribution in [0.15, 0.2) is 53.7 Å². The summed E-state index contributed by atoms with van der Waals surface area (Å²) >= 11 is 1.30. The Bertz CT molecular complexity index is 923. The van der Waals surface area contributed by atoms with Crippen molar-refractivity contribution in [3.63, 3.8) is 0 Å². The number of ether oxygens (including phenoxy) is 1. The summed E-state index contributed by atoms with van der Waals surface area (Å²) in [4.78, 5) is 12.6. The van der Waals surface area contributed by atoms with Crippen molar-refractivity contribution >= 4 is 23.4 Å². The summed E-state index contributed by atoms with van der Waals surface area (Å²) in [6.07, 6.45) is 0. The number of anilines is 1. The quantitative estimate of drug-likeness (QED) is 0.609. The third kappa shape index (κ3) is 4.69. The number of benzene rings is 2. The Morgan fingerprint density at radius 3 is 2.36 bits per heavy atom. The van der Waals surface area contributed by atoms with E-state index >= 15 is 0 Å². The molecule has 0 aliphatic rings. The van der Waals surface area contributed by atoms with Gasteiger partial charge in [-0.1, -0.05) is 37.7 Å². The van der Waals surface area contributed by atoms with Crippen LogP contribution in [0.3, 0.4) is 0 Å². The van der Waals surface area contributed by atoms with E-state index in [2.05, 4.69) is 34.7 Å². The highest BCUT2D eigenvalue weighted by Gasteiger charge is 2.19. The number of hydrogen-bond acceptors (Lipinski definition) is 6. The van der Waals surface area contributed by atoms with Crippen LogP contribution in [-0.2, 0) is 4.79 Å². The van der Waals surface area contributed by atoms with Crippen LogP contribution in [0, 0.1) is 0 Å². The number of amides is 1. The molecule has 1 heterocycles. The van der Waals surface area contributed by atoms with Gasteiger partial charge in [-0.25, -0.2) is 0 Å². The Kier molecular flexibility index (Phi) is 6.30. The highest BCUT2D eigenvalue weighted by atomic mass is 32.2. The minimum Gasteiger partial charge on any atom is -0.497 e. The summed E-state index contributed by atoms with van der Waals surface area (Å²) in [5.41, 5.74) is 2.81. The first kappa shape index (κ1) is 19.9. The van der Waals surface area contributed by atoms with Crippen molar-refractivity contribution in [3.05, 3.63) is 54.1 Å². The van der Waals surface area contributed by atoms with Crippen LogP contribution in [0.4, 0.5) is 5.69 Å². The van der Waals surface area contributed by atoms with Gasteiger partial charge in [0.1, 0.15) is 5.75 Å². The number of aromatic nitrogens is 4.